The largest absolute Gasteiger partial charge is 0.496 e. The van der Waals surface area contributed by atoms with E-state index in [-0.39, 0.29) is 37.9 Å². The number of ether oxygens (including phenoxy) is 1. The molecule has 0 heterocycles. The molecule has 1 rings (SSSR count). The van der Waals surface area contributed by atoms with Crippen LogP contribution >= 0.6 is 12.4 Å². The van der Waals surface area contributed by atoms with Crippen LogP contribution in [-0.4, -0.2) is 18.8 Å². The predicted octanol–water partition coefficient (Wildman–Crippen LogP) is 3.93. The minimum atomic E-state index is -5.01. The van der Waals surface area contributed by atoms with Gasteiger partial charge in [-0.15, -0.1) is 12.4 Å². The van der Waals surface area contributed by atoms with Gasteiger partial charge in [0.25, 0.3) is 0 Å². The van der Waals surface area contributed by atoms with Crippen LogP contribution in [0.2, 0.25) is 0 Å². The molecule has 0 aliphatic carbocycles. The summed E-state index contributed by atoms with van der Waals surface area (Å²) < 4.78 is 82.1. The molecule has 0 aromatic heterocycles. The second-order valence-electron chi connectivity index (χ2n) is 4.61. The maximum atomic E-state index is 13.1. The van der Waals surface area contributed by atoms with Gasteiger partial charge in [0.1, 0.15) is 5.75 Å². The molecule has 0 amide bonds. The maximum absolute atomic E-state index is 13.1. The van der Waals surface area contributed by atoms with Crippen molar-refractivity contribution in [1.82, 2.24) is 0 Å². The third-order valence-electron chi connectivity index (χ3n) is 3.04. The lowest BCUT2D eigenvalue weighted by molar-refractivity contribution is -0.143. The highest BCUT2D eigenvalue weighted by atomic mass is 35.5. The average molecular weight is 368 g/mol. The van der Waals surface area contributed by atoms with Crippen molar-refractivity contribution >= 4 is 12.4 Å². The number of aliphatic hydroxyl groups is 1. The standard InChI is InChI=1S/C13H15F6NO2.ClH/c1-22-10-6-7(12(14,15)16)5-8(13(17,18)19)11(10)9(20)3-2-4-21;/h5-6,9,21H,2-4,20H2,1H3;1H/t9-;/m0./s1. The lowest BCUT2D eigenvalue weighted by atomic mass is 9.93. The van der Waals surface area contributed by atoms with Crippen LogP contribution in [0.15, 0.2) is 12.1 Å². The smallest absolute Gasteiger partial charge is 0.416 e. The van der Waals surface area contributed by atoms with E-state index in [1.54, 1.807) is 0 Å². The van der Waals surface area contributed by atoms with Crippen LogP contribution in [0.4, 0.5) is 26.3 Å². The Bertz CT molecular complexity index is 518. The summed E-state index contributed by atoms with van der Waals surface area (Å²) in [6.07, 6.45) is -9.87. The number of nitrogens with two attached hydrogens (primary N) is 1. The number of rotatable bonds is 5. The van der Waals surface area contributed by atoms with Crippen molar-refractivity contribution in [2.24, 2.45) is 5.73 Å². The van der Waals surface area contributed by atoms with Crippen LogP contribution in [0.5, 0.6) is 5.75 Å². The minimum Gasteiger partial charge on any atom is -0.496 e. The molecule has 0 spiro atoms. The Labute approximate surface area is 134 Å². The van der Waals surface area contributed by atoms with E-state index in [9.17, 15) is 26.3 Å². The summed E-state index contributed by atoms with van der Waals surface area (Å²) in [6.45, 7) is -0.294. The number of hydrogen-bond donors (Lipinski definition) is 2. The van der Waals surface area contributed by atoms with E-state index in [1.807, 2.05) is 0 Å². The van der Waals surface area contributed by atoms with Crippen LogP contribution in [0, 0.1) is 0 Å². The molecule has 0 aliphatic rings. The quantitative estimate of drug-likeness (QED) is 0.775. The monoisotopic (exact) mass is 367 g/mol. The molecule has 1 atom stereocenters. The fraction of sp³-hybridized carbons (Fsp3) is 0.538. The molecule has 0 bridgehead atoms. The topological polar surface area (TPSA) is 55.5 Å². The second-order valence-corrected chi connectivity index (χ2v) is 4.61. The molecule has 134 valence electrons. The highest BCUT2D eigenvalue weighted by molar-refractivity contribution is 5.85. The zero-order valence-electron chi connectivity index (χ0n) is 12.0. The van der Waals surface area contributed by atoms with Gasteiger partial charge in [-0.3, -0.25) is 0 Å². The van der Waals surface area contributed by atoms with Gasteiger partial charge in [0.05, 0.1) is 18.2 Å². The predicted molar refractivity (Wildman–Crippen MR) is 73.5 cm³/mol. The Morgan fingerprint density at radius 1 is 1.13 bits per heavy atom. The van der Waals surface area contributed by atoms with Crippen LogP contribution in [-0.2, 0) is 12.4 Å². The lowest BCUT2D eigenvalue weighted by Gasteiger charge is -2.23. The fourth-order valence-corrected chi connectivity index (χ4v) is 2.03. The van der Waals surface area contributed by atoms with Gasteiger partial charge in [0.2, 0.25) is 0 Å². The molecule has 23 heavy (non-hydrogen) atoms. The SMILES string of the molecule is COc1cc(C(F)(F)F)cc(C(F)(F)F)c1[C@@H](N)CCCO.Cl. The average Bonchev–Trinajstić information content (AvgIpc) is 2.41. The fourth-order valence-electron chi connectivity index (χ4n) is 2.03. The Morgan fingerprint density at radius 3 is 2.09 bits per heavy atom. The van der Waals surface area contributed by atoms with Gasteiger partial charge in [-0.1, -0.05) is 0 Å². The molecule has 0 saturated heterocycles. The third-order valence-corrected chi connectivity index (χ3v) is 3.04. The number of halogens is 7. The zero-order valence-corrected chi connectivity index (χ0v) is 12.8. The number of benzene rings is 1. The summed E-state index contributed by atoms with van der Waals surface area (Å²) in [5.74, 6) is -0.576. The van der Waals surface area contributed by atoms with Crippen LogP contribution in [0.1, 0.15) is 35.6 Å². The normalized spacial score (nSPS) is 13.4. The summed E-state index contributed by atoms with van der Waals surface area (Å²) in [6, 6.07) is -0.693. The van der Waals surface area contributed by atoms with E-state index >= 15 is 0 Å². The number of methoxy groups -OCH3 is 1. The molecule has 0 aliphatic heterocycles. The van der Waals surface area contributed by atoms with Gasteiger partial charge in [0.15, 0.2) is 0 Å². The number of hydrogen-bond acceptors (Lipinski definition) is 3. The number of alkyl halides is 6. The van der Waals surface area contributed by atoms with Gasteiger partial charge in [-0.2, -0.15) is 26.3 Å². The van der Waals surface area contributed by atoms with Gasteiger partial charge in [-0.05, 0) is 25.0 Å². The molecule has 0 radical (unpaired) electrons. The number of aliphatic hydroxyl groups excluding tert-OH is 1. The van der Waals surface area contributed by atoms with Crippen molar-refractivity contribution in [2.45, 2.75) is 31.2 Å². The molecule has 0 fully saturated rings. The highest BCUT2D eigenvalue weighted by Crippen LogP contribution is 2.43. The lowest BCUT2D eigenvalue weighted by Crippen LogP contribution is -2.21. The summed E-state index contributed by atoms with van der Waals surface area (Å²) in [4.78, 5) is 0. The first-order valence-corrected chi connectivity index (χ1v) is 6.25. The molecular formula is C13H16ClF6NO2. The summed E-state index contributed by atoms with van der Waals surface area (Å²) in [5.41, 5.74) is 2.15. The first-order valence-electron chi connectivity index (χ1n) is 6.25. The molecule has 3 N–H and O–H groups in total. The van der Waals surface area contributed by atoms with E-state index < -0.39 is 40.8 Å². The van der Waals surface area contributed by atoms with E-state index in [0.29, 0.717) is 6.07 Å². The minimum absolute atomic E-state index is 0. The molecule has 0 saturated carbocycles. The molecule has 1 aromatic rings. The zero-order chi connectivity index (χ0) is 17.1. The van der Waals surface area contributed by atoms with E-state index in [4.69, 9.17) is 10.8 Å². The highest BCUT2D eigenvalue weighted by Gasteiger charge is 2.40. The molecular weight excluding hydrogens is 352 g/mol. The van der Waals surface area contributed by atoms with Crippen molar-refractivity contribution in [3.63, 3.8) is 0 Å². The van der Waals surface area contributed by atoms with Crippen molar-refractivity contribution in [1.29, 1.82) is 0 Å². The second kappa shape index (κ2) is 8.07. The first-order chi connectivity index (χ1) is 10.0. The van der Waals surface area contributed by atoms with Gasteiger partial charge >= 0.3 is 12.4 Å². The van der Waals surface area contributed by atoms with Crippen molar-refractivity contribution in [2.75, 3.05) is 13.7 Å². The first kappa shape index (κ1) is 21.8. The summed E-state index contributed by atoms with van der Waals surface area (Å²) in [7, 11) is 0.970. The van der Waals surface area contributed by atoms with Gasteiger partial charge in [-0.25, -0.2) is 0 Å². The molecule has 0 unspecified atom stereocenters. The summed E-state index contributed by atoms with van der Waals surface area (Å²) >= 11 is 0. The Morgan fingerprint density at radius 2 is 1.70 bits per heavy atom. The van der Waals surface area contributed by atoms with Gasteiger partial charge in [0, 0.05) is 18.2 Å². The van der Waals surface area contributed by atoms with Crippen LogP contribution in [0.25, 0.3) is 0 Å². The Hall–Kier alpha value is -1.19. The van der Waals surface area contributed by atoms with E-state index in [2.05, 4.69) is 4.74 Å². The summed E-state index contributed by atoms with van der Waals surface area (Å²) in [5, 5.41) is 8.71. The van der Waals surface area contributed by atoms with Crippen molar-refractivity contribution in [3.05, 3.63) is 28.8 Å². The molecule has 10 heteroatoms. The Kier molecular flexibility index (Phi) is 7.65. The van der Waals surface area contributed by atoms with Crippen LogP contribution in [0.3, 0.4) is 0 Å². The van der Waals surface area contributed by atoms with E-state index in [1.165, 1.54) is 0 Å². The van der Waals surface area contributed by atoms with Crippen molar-refractivity contribution in [3.8, 4) is 5.75 Å². The molecule has 1 aromatic carbocycles. The van der Waals surface area contributed by atoms with Crippen molar-refractivity contribution < 1.29 is 36.2 Å². The molecule has 3 nitrogen and oxygen atoms in total. The van der Waals surface area contributed by atoms with Crippen LogP contribution < -0.4 is 10.5 Å². The maximum Gasteiger partial charge on any atom is 0.416 e. The third kappa shape index (κ3) is 5.43. The Balaban J connectivity index is 0.00000484. The van der Waals surface area contributed by atoms with Gasteiger partial charge < -0.3 is 15.6 Å². The van der Waals surface area contributed by atoms with E-state index in [0.717, 1.165) is 7.11 Å².